The molecule has 1 heterocycles. The molecule has 3 rings (SSSR count). The summed E-state index contributed by atoms with van der Waals surface area (Å²) in [6.07, 6.45) is 4.39. The summed E-state index contributed by atoms with van der Waals surface area (Å²) in [4.78, 5) is 9.01. The van der Waals surface area contributed by atoms with E-state index in [0.29, 0.717) is 19.0 Å². The third-order valence-corrected chi connectivity index (χ3v) is 4.36. The van der Waals surface area contributed by atoms with Gasteiger partial charge in [0.1, 0.15) is 5.75 Å². The van der Waals surface area contributed by atoms with E-state index in [0.717, 1.165) is 41.9 Å². The summed E-state index contributed by atoms with van der Waals surface area (Å²) in [5.41, 5.74) is 2.13. The highest BCUT2D eigenvalue weighted by Crippen LogP contribution is 2.29. The normalized spacial score (nSPS) is 13.9. The van der Waals surface area contributed by atoms with Crippen molar-refractivity contribution in [2.75, 3.05) is 20.3 Å². The molecule has 0 atom stereocenters. The van der Waals surface area contributed by atoms with Crippen molar-refractivity contribution in [2.24, 2.45) is 10.9 Å². The third kappa shape index (κ3) is 6.16. The molecule has 0 radical (unpaired) electrons. The number of rotatable bonds is 9. The molecule has 1 saturated carbocycles. The first-order valence-electron chi connectivity index (χ1n) is 9.50. The second-order valence-corrected chi connectivity index (χ2v) is 6.62. The first-order valence-corrected chi connectivity index (χ1v) is 9.50. The van der Waals surface area contributed by atoms with Crippen molar-refractivity contribution >= 4 is 5.96 Å². The maximum Gasteiger partial charge on any atom is 0.213 e. The second-order valence-electron chi connectivity index (χ2n) is 6.62. The Morgan fingerprint density at radius 1 is 1.19 bits per heavy atom. The predicted octanol–water partition coefficient (Wildman–Crippen LogP) is 3.13. The van der Waals surface area contributed by atoms with Crippen LogP contribution in [0.5, 0.6) is 11.6 Å². The lowest BCUT2D eigenvalue weighted by Gasteiger charge is -2.13. The maximum atomic E-state index is 5.67. The van der Waals surface area contributed by atoms with Gasteiger partial charge in [0.15, 0.2) is 5.96 Å². The van der Waals surface area contributed by atoms with Crippen LogP contribution in [0.3, 0.4) is 0 Å². The fourth-order valence-corrected chi connectivity index (χ4v) is 2.62. The quantitative estimate of drug-likeness (QED) is 0.526. The van der Waals surface area contributed by atoms with E-state index in [1.165, 1.54) is 12.8 Å². The summed E-state index contributed by atoms with van der Waals surface area (Å²) in [6, 6.07) is 11.9. The van der Waals surface area contributed by atoms with E-state index in [-0.39, 0.29) is 0 Å². The number of aromatic nitrogens is 1. The molecule has 0 saturated heterocycles. The lowest BCUT2D eigenvalue weighted by Crippen LogP contribution is -2.36. The van der Waals surface area contributed by atoms with Gasteiger partial charge in [0.2, 0.25) is 5.88 Å². The van der Waals surface area contributed by atoms with E-state index in [4.69, 9.17) is 9.47 Å². The van der Waals surface area contributed by atoms with E-state index in [2.05, 4.69) is 20.6 Å². The van der Waals surface area contributed by atoms with E-state index < -0.39 is 0 Å². The Hall–Kier alpha value is -2.76. The zero-order chi connectivity index (χ0) is 18.9. The zero-order valence-corrected chi connectivity index (χ0v) is 16.1. The van der Waals surface area contributed by atoms with Crippen molar-refractivity contribution in [1.29, 1.82) is 0 Å². The minimum absolute atomic E-state index is 0.553. The monoisotopic (exact) mass is 368 g/mol. The first kappa shape index (κ1) is 19.0. The number of nitrogens with zero attached hydrogens (tertiary/aromatic N) is 2. The molecule has 2 aromatic rings. The van der Waals surface area contributed by atoms with Gasteiger partial charge in [0, 0.05) is 30.9 Å². The molecule has 6 heteroatoms. The van der Waals surface area contributed by atoms with E-state index in [1.54, 1.807) is 7.11 Å². The lowest BCUT2D eigenvalue weighted by atomic mass is 10.2. The summed E-state index contributed by atoms with van der Waals surface area (Å²) < 4.78 is 11.1. The van der Waals surface area contributed by atoms with Gasteiger partial charge in [0.05, 0.1) is 20.3 Å². The largest absolute Gasteiger partial charge is 0.496 e. The number of guanidine groups is 1. The van der Waals surface area contributed by atoms with Crippen LogP contribution in [0.4, 0.5) is 0 Å². The van der Waals surface area contributed by atoms with E-state index in [1.807, 2.05) is 49.5 Å². The van der Waals surface area contributed by atoms with Crippen molar-refractivity contribution in [1.82, 2.24) is 15.6 Å². The summed E-state index contributed by atoms with van der Waals surface area (Å²) in [5.74, 6) is 3.05. The highest BCUT2D eigenvalue weighted by atomic mass is 16.5. The lowest BCUT2D eigenvalue weighted by molar-refractivity contribution is 0.288. The molecule has 1 aliphatic rings. The van der Waals surface area contributed by atoms with Crippen LogP contribution in [0, 0.1) is 5.92 Å². The highest BCUT2D eigenvalue weighted by Gasteiger charge is 2.22. The summed E-state index contributed by atoms with van der Waals surface area (Å²) in [6.45, 7) is 4.82. The number of para-hydroxylation sites is 1. The molecule has 0 amide bonds. The number of ether oxygens (including phenoxy) is 2. The molecule has 144 valence electrons. The first-order chi connectivity index (χ1) is 13.3. The van der Waals surface area contributed by atoms with Crippen molar-refractivity contribution in [3.8, 4) is 11.6 Å². The molecule has 27 heavy (non-hydrogen) atoms. The Morgan fingerprint density at radius 3 is 2.74 bits per heavy atom. The van der Waals surface area contributed by atoms with Gasteiger partial charge in [-0.15, -0.1) is 0 Å². The third-order valence-electron chi connectivity index (χ3n) is 4.36. The molecule has 0 aliphatic heterocycles. The van der Waals surface area contributed by atoms with Crippen LogP contribution >= 0.6 is 0 Å². The van der Waals surface area contributed by atoms with Gasteiger partial charge >= 0.3 is 0 Å². The predicted molar refractivity (Wildman–Crippen MR) is 107 cm³/mol. The molecule has 1 aliphatic carbocycles. The molecule has 1 aromatic carbocycles. The molecular weight excluding hydrogens is 340 g/mol. The van der Waals surface area contributed by atoms with Crippen LogP contribution in [0.2, 0.25) is 0 Å². The van der Waals surface area contributed by atoms with Gasteiger partial charge in [0.25, 0.3) is 0 Å². The Bertz CT molecular complexity index is 742. The number of methoxy groups -OCH3 is 1. The number of aliphatic imine (C=N–C) groups is 1. The van der Waals surface area contributed by atoms with Gasteiger partial charge in [-0.05, 0) is 37.3 Å². The van der Waals surface area contributed by atoms with Gasteiger partial charge in [-0.25, -0.2) is 9.98 Å². The van der Waals surface area contributed by atoms with Crippen LogP contribution < -0.4 is 20.1 Å². The average molecular weight is 368 g/mol. The molecule has 2 N–H and O–H groups in total. The van der Waals surface area contributed by atoms with Gasteiger partial charge < -0.3 is 20.1 Å². The molecule has 1 aromatic heterocycles. The minimum atomic E-state index is 0.553. The zero-order valence-electron chi connectivity index (χ0n) is 16.1. The van der Waals surface area contributed by atoms with Crippen molar-refractivity contribution in [3.63, 3.8) is 0 Å². The summed E-state index contributed by atoms with van der Waals surface area (Å²) in [5, 5.41) is 6.61. The van der Waals surface area contributed by atoms with Crippen LogP contribution in [0.1, 0.15) is 30.9 Å². The Labute approximate surface area is 161 Å². The van der Waals surface area contributed by atoms with Crippen LogP contribution in [0.25, 0.3) is 0 Å². The molecular formula is C21H28N4O2. The number of hydrogen-bond acceptors (Lipinski definition) is 4. The Kier molecular flexibility index (Phi) is 6.90. The topological polar surface area (TPSA) is 67.8 Å². The Balaban J connectivity index is 1.54. The number of pyridine rings is 1. The SMILES string of the molecule is CCNC(=NCc1ccc(OCC2CC2)nc1)NCc1ccccc1OC. The minimum Gasteiger partial charge on any atom is -0.496 e. The van der Waals surface area contributed by atoms with Crippen molar-refractivity contribution in [2.45, 2.75) is 32.9 Å². The average Bonchev–Trinajstić information content (AvgIpc) is 3.54. The molecule has 0 spiro atoms. The van der Waals surface area contributed by atoms with Crippen LogP contribution in [-0.2, 0) is 13.1 Å². The van der Waals surface area contributed by atoms with Crippen LogP contribution in [-0.4, -0.2) is 31.2 Å². The van der Waals surface area contributed by atoms with Crippen LogP contribution in [0.15, 0.2) is 47.6 Å². The molecule has 0 bridgehead atoms. The van der Waals surface area contributed by atoms with E-state index >= 15 is 0 Å². The standard InChI is InChI=1S/C21H28N4O2/c1-3-22-21(25-14-18-6-4-5-7-19(18)26-2)24-13-17-10-11-20(23-12-17)27-15-16-8-9-16/h4-7,10-12,16H,3,8-9,13-15H2,1-2H3,(H2,22,24,25). The smallest absolute Gasteiger partial charge is 0.213 e. The number of nitrogens with one attached hydrogen (secondary N) is 2. The highest BCUT2D eigenvalue weighted by molar-refractivity contribution is 5.79. The summed E-state index contributed by atoms with van der Waals surface area (Å²) in [7, 11) is 1.68. The van der Waals surface area contributed by atoms with Gasteiger partial charge in [-0.2, -0.15) is 0 Å². The van der Waals surface area contributed by atoms with Gasteiger partial charge in [-0.1, -0.05) is 24.3 Å². The fraction of sp³-hybridized carbons (Fsp3) is 0.429. The van der Waals surface area contributed by atoms with Crippen molar-refractivity contribution in [3.05, 3.63) is 53.7 Å². The molecule has 0 unspecified atom stereocenters. The fourth-order valence-electron chi connectivity index (χ4n) is 2.62. The van der Waals surface area contributed by atoms with Crippen molar-refractivity contribution < 1.29 is 9.47 Å². The summed E-state index contributed by atoms with van der Waals surface area (Å²) >= 11 is 0. The molecule has 6 nitrogen and oxygen atoms in total. The number of hydrogen-bond donors (Lipinski definition) is 2. The molecule has 1 fully saturated rings. The Morgan fingerprint density at radius 2 is 2.04 bits per heavy atom. The number of benzene rings is 1. The maximum absolute atomic E-state index is 5.67. The van der Waals surface area contributed by atoms with Gasteiger partial charge in [-0.3, -0.25) is 0 Å². The van der Waals surface area contributed by atoms with E-state index in [9.17, 15) is 0 Å². The second kappa shape index (κ2) is 9.80.